The molecule has 0 spiro atoms. The molecule has 0 aliphatic carbocycles. The van der Waals surface area contributed by atoms with Crippen molar-refractivity contribution >= 4 is 17.8 Å². The zero-order valence-corrected chi connectivity index (χ0v) is 13.9. The number of aromatic nitrogens is 3. The zero-order chi connectivity index (χ0) is 15.9. The molecule has 1 aromatic carbocycles. The molecule has 0 fully saturated rings. The van der Waals surface area contributed by atoms with E-state index in [4.69, 9.17) is 0 Å². The minimum absolute atomic E-state index is 0.0722. The van der Waals surface area contributed by atoms with Crippen molar-refractivity contribution in [1.29, 1.82) is 0 Å². The van der Waals surface area contributed by atoms with Gasteiger partial charge in [0.2, 0.25) is 0 Å². The highest BCUT2D eigenvalue weighted by molar-refractivity contribution is 7.99. The first kappa shape index (κ1) is 16.4. The summed E-state index contributed by atoms with van der Waals surface area (Å²) in [6.45, 7) is 4.38. The molecule has 1 unspecified atom stereocenters. The molecule has 0 aliphatic heterocycles. The van der Waals surface area contributed by atoms with E-state index in [1.807, 2.05) is 6.92 Å². The largest absolute Gasteiger partial charge is 0.335 e. The number of aryl methyl sites for hydroxylation is 2. The molecule has 7 heteroatoms. The summed E-state index contributed by atoms with van der Waals surface area (Å²) in [4.78, 5) is 17.1. The van der Waals surface area contributed by atoms with Crippen LogP contribution in [0.3, 0.4) is 0 Å². The highest BCUT2D eigenvalue weighted by Gasteiger charge is 2.08. The Morgan fingerprint density at radius 1 is 1.36 bits per heavy atom. The number of hydrogen-bond acceptors (Lipinski definition) is 4. The van der Waals surface area contributed by atoms with Crippen LogP contribution in [0.2, 0.25) is 0 Å². The Bertz CT molecular complexity index is 611. The van der Waals surface area contributed by atoms with Crippen LogP contribution < -0.4 is 10.6 Å². The van der Waals surface area contributed by atoms with Gasteiger partial charge in [-0.3, -0.25) is 4.68 Å². The van der Waals surface area contributed by atoms with Crippen molar-refractivity contribution in [3.8, 4) is 0 Å². The minimum Gasteiger partial charge on any atom is -0.335 e. The molecule has 118 valence electrons. The van der Waals surface area contributed by atoms with Crippen LogP contribution in [0.4, 0.5) is 4.79 Å². The van der Waals surface area contributed by atoms with E-state index in [-0.39, 0.29) is 12.1 Å². The fourth-order valence-electron chi connectivity index (χ4n) is 1.80. The first-order valence-corrected chi connectivity index (χ1v) is 8.10. The summed E-state index contributed by atoms with van der Waals surface area (Å²) in [7, 11) is 1.79. The quantitative estimate of drug-likeness (QED) is 0.800. The average molecular weight is 319 g/mol. The van der Waals surface area contributed by atoms with Gasteiger partial charge in [0.05, 0.1) is 6.54 Å². The number of carbonyl (C=O) groups excluding carboxylic acids is 1. The Balaban J connectivity index is 1.68. The van der Waals surface area contributed by atoms with Crippen LogP contribution >= 0.6 is 11.8 Å². The van der Waals surface area contributed by atoms with E-state index in [0.717, 1.165) is 5.75 Å². The second-order valence-electron chi connectivity index (χ2n) is 5.19. The van der Waals surface area contributed by atoms with Gasteiger partial charge in [-0.05, 0) is 26.0 Å². The second-order valence-corrected chi connectivity index (χ2v) is 6.28. The third-order valence-electron chi connectivity index (χ3n) is 2.95. The molecule has 22 heavy (non-hydrogen) atoms. The van der Waals surface area contributed by atoms with Crippen LogP contribution in [-0.2, 0) is 13.6 Å². The van der Waals surface area contributed by atoms with Crippen molar-refractivity contribution in [1.82, 2.24) is 25.4 Å². The number of hydrogen-bond donors (Lipinski definition) is 2. The van der Waals surface area contributed by atoms with E-state index in [1.165, 1.54) is 10.5 Å². The van der Waals surface area contributed by atoms with Crippen molar-refractivity contribution in [2.75, 3.05) is 5.75 Å². The molecule has 0 saturated heterocycles. The van der Waals surface area contributed by atoms with Crippen LogP contribution in [0.15, 0.2) is 35.5 Å². The van der Waals surface area contributed by atoms with Gasteiger partial charge in [0.1, 0.15) is 6.33 Å². The van der Waals surface area contributed by atoms with Gasteiger partial charge >= 0.3 is 6.03 Å². The maximum Gasteiger partial charge on any atom is 0.315 e. The molecule has 0 saturated carbocycles. The molecule has 0 radical (unpaired) electrons. The summed E-state index contributed by atoms with van der Waals surface area (Å²) in [6.07, 6.45) is 1.61. The normalized spacial score (nSPS) is 12.0. The lowest BCUT2D eigenvalue weighted by atomic mass is 10.2. The minimum atomic E-state index is -0.204. The molecule has 2 aromatic rings. The maximum absolute atomic E-state index is 11.8. The fourth-order valence-corrected chi connectivity index (χ4v) is 2.65. The highest BCUT2D eigenvalue weighted by Crippen LogP contribution is 2.18. The molecule has 1 heterocycles. The van der Waals surface area contributed by atoms with E-state index in [9.17, 15) is 4.79 Å². The topological polar surface area (TPSA) is 71.8 Å². The number of thioether (sulfide) groups is 1. The second kappa shape index (κ2) is 7.84. The van der Waals surface area contributed by atoms with Crippen molar-refractivity contribution in [3.05, 3.63) is 42.0 Å². The van der Waals surface area contributed by atoms with Gasteiger partial charge in [0, 0.05) is 23.7 Å². The van der Waals surface area contributed by atoms with Gasteiger partial charge in [0.25, 0.3) is 0 Å². The Kier molecular flexibility index (Phi) is 5.83. The summed E-state index contributed by atoms with van der Waals surface area (Å²) in [5.41, 5.74) is 1.25. The van der Waals surface area contributed by atoms with E-state index in [2.05, 4.69) is 51.9 Å². The van der Waals surface area contributed by atoms with Crippen LogP contribution in [0.25, 0.3) is 0 Å². The molecule has 1 atom stereocenters. The zero-order valence-electron chi connectivity index (χ0n) is 13.0. The summed E-state index contributed by atoms with van der Waals surface area (Å²) in [5.74, 6) is 1.41. The summed E-state index contributed by atoms with van der Waals surface area (Å²) in [5, 5.41) is 9.76. The van der Waals surface area contributed by atoms with E-state index in [0.29, 0.717) is 12.4 Å². The van der Waals surface area contributed by atoms with Crippen molar-refractivity contribution in [2.45, 2.75) is 31.3 Å². The highest BCUT2D eigenvalue weighted by atomic mass is 32.2. The van der Waals surface area contributed by atoms with Gasteiger partial charge in [-0.1, -0.05) is 17.7 Å². The lowest BCUT2D eigenvalue weighted by molar-refractivity contribution is 0.238. The number of carbonyl (C=O) groups is 1. The summed E-state index contributed by atoms with van der Waals surface area (Å²) < 4.78 is 1.61. The van der Waals surface area contributed by atoms with E-state index < -0.39 is 0 Å². The number of nitrogens with one attached hydrogen (secondary N) is 2. The van der Waals surface area contributed by atoms with Gasteiger partial charge in [-0.2, -0.15) is 5.10 Å². The molecule has 2 N–H and O–H groups in total. The van der Waals surface area contributed by atoms with Crippen LogP contribution in [0, 0.1) is 6.92 Å². The fraction of sp³-hybridized carbons (Fsp3) is 0.400. The first-order valence-electron chi connectivity index (χ1n) is 7.11. The third-order valence-corrected chi connectivity index (χ3v) is 4.22. The molecular weight excluding hydrogens is 298 g/mol. The van der Waals surface area contributed by atoms with E-state index in [1.54, 1.807) is 29.8 Å². The SMILES string of the molecule is Cc1ccc(SCC(C)NC(=O)NCc2ncn(C)n2)cc1. The van der Waals surface area contributed by atoms with E-state index >= 15 is 0 Å². The number of nitrogens with zero attached hydrogens (tertiary/aromatic N) is 3. The molecule has 1 aromatic heterocycles. The van der Waals surface area contributed by atoms with Crippen LogP contribution in [0.1, 0.15) is 18.3 Å². The number of amides is 2. The maximum atomic E-state index is 11.8. The predicted molar refractivity (Wildman–Crippen MR) is 87.7 cm³/mol. The first-order chi connectivity index (χ1) is 10.5. The Morgan fingerprint density at radius 3 is 2.73 bits per heavy atom. The third kappa shape index (κ3) is 5.40. The smallest absolute Gasteiger partial charge is 0.315 e. The van der Waals surface area contributed by atoms with Crippen molar-refractivity contribution < 1.29 is 4.79 Å². The van der Waals surface area contributed by atoms with Crippen molar-refractivity contribution in [2.24, 2.45) is 7.05 Å². The van der Waals surface area contributed by atoms with Crippen LogP contribution in [0.5, 0.6) is 0 Å². The standard InChI is InChI=1S/C15H21N5OS/c1-11-4-6-13(7-5-11)22-9-12(2)18-15(21)16-8-14-17-10-20(3)19-14/h4-7,10,12H,8-9H2,1-3H3,(H2,16,18,21). The van der Waals surface area contributed by atoms with Gasteiger partial charge < -0.3 is 10.6 Å². The van der Waals surface area contributed by atoms with Crippen molar-refractivity contribution in [3.63, 3.8) is 0 Å². The monoisotopic (exact) mass is 319 g/mol. The molecule has 2 rings (SSSR count). The predicted octanol–water partition coefficient (Wildman–Crippen LogP) is 2.10. The molecular formula is C15H21N5OS. The summed E-state index contributed by atoms with van der Waals surface area (Å²) >= 11 is 1.73. The number of benzene rings is 1. The Labute approximate surface area is 134 Å². The Hall–Kier alpha value is -2.02. The van der Waals surface area contributed by atoms with Gasteiger partial charge in [-0.15, -0.1) is 11.8 Å². The molecule has 0 bridgehead atoms. The van der Waals surface area contributed by atoms with Gasteiger partial charge in [-0.25, -0.2) is 9.78 Å². The molecule has 6 nitrogen and oxygen atoms in total. The summed E-state index contributed by atoms with van der Waals surface area (Å²) in [6, 6.07) is 8.24. The van der Waals surface area contributed by atoms with Crippen LogP contribution in [-0.4, -0.2) is 32.6 Å². The molecule has 0 aliphatic rings. The lowest BCUT2D eigenvalue weighted by Gasteiger charge is -2.14. The lowest BCUT2D eigenvalue weighted by Crippen LogP contribution is -2.41. The average Bonchev–Trinajstić information content (AvgIpc) is 2.90. The van der Waals surface area contributed by atoms with Gasteiger partial charge in [0.15, 0.2) is 5.82 Å². The number of rotatable bonds is 6. The number of urea groups is 1. The Morgan fingerprint density at radius 2 is 2.09 bits per heavy atom. The molecule has 2 amide bonds.